The third-order valence-electron chi connectivity index (χ3n) is 5.21. The molecule has 1 aliphatic rings. The molecule has 1 fully saturated rings. The van der Waals surface area contributed by atoms with E-state index in [1.807, 2.05) is 49.4 Å². The summed E-state index contributed by atoms with van der Waals surface area (Å²) in [5.41, 5.74) is 2.94. The van der Waals surface area contributed by atoms with Gasteiger partial charge in [0.05, 0.1) is 5.56 Å². The first-order valence-corrected chi connectivity index (χ1v) is 10.4. The van der Waals surface area contributed by atoms with Crippen LogP contribution in [-0.4, -0.2) is 57.9 Å². The smallest absolute Gasteiger partial charge is 0.321 e. The summed E-state index contributed by atoms with van der Waals surface area (Å²) in [5, 5.41) is 3.46. The molecule has 1 aromatic heterocycles. The SMILES string of the molecule is Cc1ccc(NC(=O)N2CCN(C(=O)c3cnc(-c4ccccc4)nc3)CC2)cc1Cl. The van der Waals surface area contributed by atoms with E-state index in [1.165, 1.54) is 0 Å². The second-order valence-corrected chi connectivity index (χ2v) is 7.74. The second-order valence-electron chi connectivity index (χ2n) is 7.33. The number of rotatable bonds is 3. The van der Waals surface area contributed by atoms with Crippen molar-refractivity contribution in [2.45, 2.75) is 6.92 Å². The lowest BCUT2D eigenvalue weighted by molar-refractivity contribution is 0.0671. The van der Waals surface area contributed by atoms with E-state index >= 15 is 0 Å². The highest BCUT2D eigenvalue weighted by molar-refractivity contribution is 6.31. The minimum atomic E-state index is -0.206. The van der Waals surface area contributed by atoms with Gasteiger partial charge in [-0.3, -0.25) is 4.79 Å². The average Bonchev–Trinajstić information content (AvgIpc) is 2.82. The average molecular weight is 436 g/mol. The predicted octanol–water partition coefficient (Wildman–Crippen LogP) is 4.10. The van der Waals surface area contributed by atoms with Crippen LogP contribution in [0.15, 0.2) is 60.9 Å². The van der Waals surface area contributed by atoms with E-state index in [4.69, 9.17) is 11.6 Å². The van der Waals surface area contributed by atoms with Crippen LogP contribution in [0.1, 0.15) is 15.9 Å². The van der Waals surface area contributed by atoms with E-state index in [2.05, 4.69) is 15.3 Å². The van der Waals surface area contributed by atoms with Crippen molar-refractivity contribution >= 4 is 29.2 Å². The summed E-state index contributed by atoms with van der Waals surface area (Å²) in [5.74, 6) is 0.444. The summed E-state index contributed by atoms with van der Waals surface area (Å²) < 4.78 is 0. The molecule has 0 atom stereocenters. The summed E-state index contributed by atoms with van der Waals surface area (Å²) >= 11 is 6.12. The van der Waals surface area contributed by atoms with Crippen LogP contribution in [0.4, 0.5) is 10.5 Å². The van der Waals surface area contributed by atoms with Crippen LogP contribution in [0.5, 0.6) is 0 Å². The van der Waals surface area contributed by atoms with Crippen LogP contribution >= 0.6 is 11.6 Å². The second kappa shape index (κ2) is 9.14. The molecular formula is C23H22ClN5O2. The molecule has 0 aliphatic carbocycles. The van der Waals surface area contributed by atoms with Gasteiger partial charge in [-0.15, -0.1) is 0 Å². The molecule has 8 heteroatoms. The van der Waals surface area contributed by atoms with Crippen molar-refractivity contribution in [2.24, 2.45) is 0 Å². The molecule has 2 heterocycles. The van der Waals surface area contributed by atoms with Crippen molar-refractivity contribution in [1.29, 1.82) is 0 Å². The number of halogens is 1. The zero-order valence-electron chi connectivity index (χ0n) is 17.1. The van der Waals surface area contributed by atoms with Crippen molar-refractivity contribution in [3.8, 4) is 11.4 Å². The summed E-state index contributed by atoms with van der Waals surface area (Å²) in [7, 11) is 0. The van der Waals surface area contributed by atoms with Crippen molar-refractivity contribution in [1.82, 2.24) is 19.8 Å². The molecular weight excluding hydrogens is 414 g/mol. The monoisotopic (exact) mass is 435 g/mol. The van der Waals surface area contributed by atoms with Crippen molar-refractivity contribution in [3.05, 3.63) is 77.1 Å². The van der Waals surface area contributed by atoms with Gasteiger partial charge in [0, 0.05) is 54.8 Å². The van der Waals surface area contributed by atoms with Gasteiger partial charge in [0.1, 0.15) is 0 Å². The Bertz CT molecular complexity index is 1080. The van der Waals surface area contributed by atoms with E-state index in [9.17, 15) is 9.59 Å². The minimum absolute atomic E-state index is 0.134. The Morgan fingerprint density at radius 3 is 2.23 bits per heavy atom. The minimum Gasteiger partial charge on any atom is -0.335 e. The summed E-state index contributed by atoms with van der Waals surface area (Å²) in [6.07, 6.45) is 3.11. The molecule has 31 heavy (non-hydrogen) atoms. The first-order chi connectivity index (χ1) is 15.0. The maximum Gasteiger partial charge on any atom is 0.321 e. The molecule has 2 aromatic carbocycles. The summed E-state index contributed by atoms with van der Waals surface area (Å²) in [6, 6.07) is 14.8. The fraction of sp³-hybridized carbons (Fsp3) is 0.217. The molecule has 4 rings (SSSR count). The van der Waals surface area contributed by atoms with Gasteiger partial charge in [-0.2, -0.15) is 0 Å². The number of urea groups is 1. The molecule has 0 spiro atoms. The normalized spacial score (nSPS) is 13.7. The molecule has 0 unspecified atom stereocenters. The summed E-state index contributed by atoms with van der Waals surface area (Å²) in [4.78, 5) is 37.4. The largest absolute Gasteiger partial charge is 0.335 e. The van der Waals surface area contributed by atoms with E-state index < -0.39 is 0 Å². The van der Waals surface area contributed by atoms with Gasteiger partial charge in [0.25, 0.3) is 5.91 Å². The van der Waals surface area contributed by atoms with Gasteiger partial charge in [-0.25, -0.2) is 14.8 Å². The van der Waals surface area contributed by atoms with Crippen LogP contribution in [0.3, 0.4) is 0 Å². The third-order valence-corrected chi connectivity index (χ3v) is 5.62. The van der Waals surface area contributed by atoms with Gasteiger partial charge in [0.15, 0.2) is 5.82 Å². The number of carbonyl (C=O) groups is 2. The molecule has 3 amide bonds. The first kappa shape index (κ1) is 20.8. The Balaban J connectivity index is 1.33. The fourth-order valence-corrected chi connectivity index (χ4v) is 3.52. The lowest BCUT2D eigenvalue weighted by Crippen LogP contribution is -2.51. The molecule has 7 nitrogen and oxygen atoms in total. The number of piperazine rings is 1. The number of nitrogens with zero attached hydrogens (tertiary/aromatic N) is 4. The standard InChI is InChI=1S/C23H22ClN5O2/c1-16-7-8-19(13-20(16)24)27-23(31)29-11-9-28(10-12-29)22(30)18-14-25-21(26-15-18)17-5-3-2-4-6-17/h2-8,13-15H,9-12H2,1H3,(H,27,31). The van der Waals surface area contributed by atoms with Crippen LogP contribution < -0.4 is 5.32 Å². The lowest BCUT2D eigenvalue weighted by atomic mass is 10.2. The Hall–Kier alpha value is -3.45. The number of aryl methyl sites for hydroxylation is 1. The van der Waals surface area contributed by atoms with E-state index in [1.54, 1.807) is 28.3 Å². The van der Waals surface area contributed by atoms with Gasteiger partial charge in [-0.05, 0) is 24.6 Å². The molecule has 1 saturated heterocycles. The van der Waals surface area contributed by atoms with Crippen molar-refractivity contribution in [2.75, 3.05) is 31.5 Å². The summed E-state index contributed by atoms with van der Waals surface area (Å²) in [6.45, 7) is 3.69. The number of amides is 3. The topological polar surface area (TPSA) is 78.4 Å². The first-order valence-electron chi connectivity index (χ1n) is 10.00. The van der Waals surface area contributed by atoms with Crippen molar-refractivity contribution in [3.63, 3.8) is 0 Å². The highest BCUT2D eigenvalue weighted by Gasteiger charge is 2.25. The number of hydrogen-bond acceptors (Lipinski definition) is 4. The molecule has 0 radical (unpaired) electrons. The number of aromatic nitrogens is 2. The number of anilines is 1. The van der Waals surface area contributed by atoms with E-state index in [0.29, 0.717) is 48.3 Å². The lowest BCUT2D eigenvalue weighted by Gasteiger charge is -2.34. The van der Waals surface area contributed by atoms with Gasteiger partial charge >= 0.3 is 6.03 Å². The number of hydrogen-bond donors (Lipinski definition) is 1. The van der Waals surface area contributed by atoms with Crippen LogP contribution in [0.2, 0.25) is 5.02 Å². The highest BCUT2D eigenvalue weighted by atomic mass is 35.5. The quantitative estimate of drug-likeness (QED) is 0.671. The molecule has 1 aliphatic heterocycles. The van der Waals surface area contributed by atoms with Crippen LogP contribution in [0.25, 0.3) is 11.4 Å². The number of nitrogens with one attached hydrogen (secondary N) is 1. The molecule has 0 bridgehead atoms. The van der Waals surface area contributed by atoms with Gasteiger partial charge in [-0.1, -0.05) is 48.0 Å². The zero-order valence-corrected chi connectivity index (χ0v) is 17.8. The van der Waals surface area contributed by atoms with Crippen LogP contribution in [0, 0.1) is 6.92 Å². The molecule has 3 aromatic rings. The molecule has 158 valence electrons. The Morgan fingerprint density at radius 1 is 0.935 bits per heavy atom. The molecule has 1 N–H and O–H groups in total. The van der Waals surface area contributed by atoms with Crippen LogP contribution in [-0.2, 0) is 0 Å². The van der Waals surface area contributed by atoms with Crippen molar-refractivity contribution < 1.29 is 9.59 Å². The Labute approximate surface area is 185 Å². The highest BCUT2D eigenvalue weighted by Crippen LogP contribution is 2.20. The zero-order chi connectivity index (χ0) is 21.8. The van der Waals surface area contributed by atoms with E-state index in [0.717, 1.165) is 11.1 Å². The maximum absolute atomic E-state index is 12.8. The maximum atomic E-state index is 12.8. The predicted molar refractivity (Wildman–Crippen MR) is 120 cm³/mol. The Kier molecular flexibility index (Phi) is 6.13. The number of carbonyl (C=O) groups excluding carboxylic acids is 2. The third kappa shape index (κ3) is 4.83. The Morgan fingerprint density at radius 2 is 1.58 bits per heavy atom. The van der Waals surface area contributed by atoms with Gasteiger partial charge in [0.2, 0.25) is 0 Å². The fourth-order valence-electron chi connectivity index (χ4n) is 3.34. The van der Waals surface area contributed by atoms with Gasteiger partial charge < -0.3 is 15.1 Å². The number of benzene rings is 2. The molecule has 0 saturated carbocycles. The van der Waals surface area contributed by atoms with E-state index in [-0.39, 0.29) is 11.9 Å².